The van der Waals surface area contributed by atoms with Crippen molar-refractivity contribution in [1.82, 2.24) is 4.98 Å². The van der Waals surface area contributed by atoms with Crippen molar-refractivity contribution in [2.24, 2.45) is 5.92 Å². The van der Waals surface area contributed by atoms with E-state index in [1.165, 1.54) is 0 Å². The largest absolute Gasteiger partial charge is 0.396 e. The second-order valence-electron chi connectivity index (χ2n) is 4.51. The van der Waals surface area contributed by atoms with Crippen molar-refractivity contribution < 1.29 is 5.11 Å². The molecule has 0 aliphatic heterocycles. The molecule has 1 unspecified atom stereocenters. The number of aliphatic hydroxyl groups is 1. The van der Waals surface area contributed by atoms with Crippen LogP contribution in [0.1, 0.15) is 38.1 Å². The first-order valence-corrected chi connectivity index (χ1v) is 6.93. The lowest BCUT2D eigenvalue weighted by atomic mass is 10.1. The Morgan fingerprint density at radius 3 is 2.69 bits per heavy atom. The van der Waals surface area contributed by atoms with Gasteiger partial charge in [0.15, 0.2) is 0 Å². The molecule has 1 heterocycles. The Bertz CT molecular complexity index is 315. The van der Waals surface area contributed by atoms with Gasteiger partial charge in [-0.05, 0) is 29.7 Å². The lowest BCUT2D eigenvalue weighted by molar-refractivity contribution is 0.250. The zero-order chi connectivity index (χ0) is 12.0. The first kappa shape index (κ1) is 13.5. The standard InChI is InChI=1S/C13H21NOS/c1-10(2)13-6-4-5-12(14-13)9-16-8-11(3)7-15/h4-6,10-11,15H,7-9H2,1-3H3. The number of rotatable bonds is 6. The van der Waals surface area contributed by atoms with Gasteiger partial charge in [-0.2, -0.15) is 11.8 Å². The summed E-state index contributed by atoms with van der Waals surface area (Å²) in [4.78, 5) is 4.61. The van der Waals surface area contributed by atoms with E-state index in [4.69, 9.17) is 5.11 Å². The Kier molecular flexibility index (Phi) is 5.85. The molecule has 0 amide bonds. The fourth-order valence-corrected chi connectivity index (χ4v) is 2.31. The van der Waals surface area contributed by atoms with E-state index < -0.39 is 0 Å². The highest BCUT2D eigenvalue weighted by molar-refractivity contribution is 7.98. The maximum absolute atomic E-state index is 8.92. The molecule has 1 aromatic heterocycles. The Morgan fingerprint density at radius 1 is 1.31 bits per heavy atom. The van der Waals surface area contributed by atoms with Gasteiger partial charge in [-0.25, -0.2) is 0 Å². The molecular weight excluding hydrogens is 218 g/mol. The van der Waals surface area contributed by atoms with Crippen molar-refractivity contribution in [3.63, 3.8) is 0 Å². The first-order chi connectivity index (χ1) is 7.63. The van der Waals surface area contributed by atoms with Gasteiger partial charge in [0.2, 0.25) is 0 Å². The zero-order valence-corrected chi connectivity index (χ0v) is 11.1. The summed E-state index contributed by atoms with van der Waals surface area (Å²) in [7, 11) is 0. The normalized spacial score (nSPS) is 13.1. The van der Waals surface area contributed by atoms with Gasteiger partial charge < -0.3 is 5.11 Å². The number of aliphatic hydroxyl groups excluding tert-OH is 1. The predicted octanol–water partition coefficient (Wildman–Crippen LogP) is 3.07. The summed E-state index contributed by atoms with van der Waals surface area (Å²) in [6.07, 6.45) is 0. The number of hydrogen-bond donors (Lipinski definition) is 1. The molecule has 0 fully saturated rings. The third-order valence-corrected chi connectivity index (χ3v) is 3.69. The van der Waals surface area contributed by atoms with Crippen molar-refractivity contribution in [2.75, 3.05) is 12.4 Å². The van der Waals surface area contributed by atoms with Crippen LogP contribution in [0, 0.1) is 5.92 Å². The highest BCUT2D eigenvalue weighted by Gasteiger charge is 2.04. The molecule has 0 aliphatic rings. The smallest absolute Gasteiger partial charge is 0.0506 e. The van der Waals surface area contributed by atoms with Crippen molar-refractivity contribution in [3.8, 4) is 0 Å². The van der Waals surface area contributed by atoms with Crippen LogP contribution in [0.15, 0.2) is 18.2 Å². The molecule has 1 aromatic rings. The molecule has 3 heteroatoms. The van der Waals surface area contributed by atoms with E-state index in [2.05, 4.69) is 44.0 Å². The quantitative estimate of drug-likeness (QED) is 0.828. The molecule has 0 saturated carbocycles. The third kappa shape index (κ3) is 4.54. The molecule has 1 rings (SSSR count). The topological polar surface area (TPSA) is 33.1 Å². The maximum Gasteiger partial charge on any atom is 0.0506 e. The van der Waals surface area contributed by atoms with Gasteiger partial charge in [-0.15, -0.1) is 0 Å². The number of thioether (sulfide) groups is 1. The average molecular weight is 239 g/mol. The minimum Gasteiger partial charge on any atom is -0.396 e. The Morgan fingerprint density at radius 2 is 2.06 bits per heavy atom. The summed E-state index contributed by atoms with van der Waals surface area (Å²) >= 11 is 1.84. The van der Waals surface area contributed by atoms with Gasteiger partial charge in [0, 0.05) is 18.1 Å². The van der Waals surface area contributed by atoms with Gasteiger partial charge in [0.05, 0.1) is 5.69 Å². The van der Waals surface area contributed by atoms with Crippen LogP contribution in [0.25, 0.3) is 0 Å². The summed E-state index contributed by atoms with van der Waals surface area (Å²) in [6, 6.07) is 6.23. The lowest BCUT2D eigenvalue weighted by Crippen LogP contribution is -2.04. The van der Waals surface area contributed by atoms with E-state index in [0.29, 0.717) is 11.8 Å². The van der Waals surface area contributed by atoms with Crippen LogP contribution < -0.4 is 0 Å². The first-order valence-electron chi connectivity index (χ1n) is 5.78. The summed E-state index contributed by atoms with van der Waals surface area (Å²) in [5, 5.41) is 8.92. The second kappa shape index (κ2) is 6.92. The third-order valence-electron chi connectivity index (χ3n) is 2.38. The average Bonchev–Trinajstić information content (AvgIpc) is 2.29. The molecule has 0 spiro atoms. The summed E-state index contributed by atoms with van der Waals surface area (Å²) in [5.41, 5.74) is 2.30. The zero-order valence-electron chi connectivity index (χ0n) is 10.3. The Hall–Kier alpha value is -0.540. The minimum absolute atomic E-state index is 0.270. The van der Waals surface area contributed by atoms with Gasteiger partial charge in [0.1, 0.15) is 0 Å². The van der Waals surface area contributed by atoms with E-state index >= 15 is 0 Å². The Labute approximate surface area is 102 Å². The van der Waals surface area contributed by atoms with Crippen molar-refractivity contribution >= 4 is 11.8 Å². The molecule has 0 saturated heterocycles. The van der Waals surface area contributed by atoms with Crippen LogP contribution in [-0.4, -0.2) is 22.5 Å². The highest BCUT2D eigenvalue weighted by Crippen LogP contribution is 2.16. The van der Waals surface area contributed by atoms with Gasteiger partial charge in [-0.3, -0.25) is 4.98 Å². The van der Waals surface area contributed by atoms with Crippen LogP contribution in [-0.2, 0) is 5.75 Å². The van der Waals surface area contributed by atoms with Crippen LogP contribution in [0.4, 0.5) is 0 Å². The number of pyridine rings is 1. The van der Waals surface area contributed by atoms with E-state index in [0.717, 1.165) is 22.9 Å². The summed E-state index contributed by atoms with van der Waals surface area (Å²) in [6.45, 7) is 6.65. The van der Waals surface area contributed by atoms with Crippen LogP contribution >= 0.6 is 11.8 Å². The molecule has 0 bridgehead atoms. The molecule has 2 nitrogen and oxygen atoms in total. The number of hydrogen-bond acceptors (Lipinski definition) is 3. The van der Waals surface area contributed by atoms with Crippen molar-refractivity contribution in [3.05, 3.63) is 29.6 Å². The number of nitrogens with zero attached hydrogens (tertiary/aromatic N) is 1. The van der Waals surface area contributed by atoms with Gasteiger partial charge in [-0.1, -0.05) is 26.8 Å². The monoisotopic (exact) mass is 239 g/mol. The van der Waals surface area contributed by atoms with E-state index in [1.807, 2.05) is 11.8 Å². The minimum atomic E-state index is 0.270. The second-order valence-corrected chi connectivity index (χ2v) is 5.54. The van der Waals surface area contributed by atoms with Crippen molar-refractivity contribution in [2.45, 2.75) is 32.4 Å². The molecule has 16 heavy (non-hydrogen) atoms. The van der Waals surface area contributed by atoms with E-state index in [-0.39, 0.29) is 6.61 Å². The van der Waals surface area contributed by atoms with Crippen LogP contribution in [0.3, 0.4) is 0 Å². The summed E-state index contributed by atoms with van der Waals surface area (Å²) in [5.74, 6) is 2.79. The van der Waals surface area contributed by atoms with Crippen LogP contribution in [0.5, 0.6) is 0 Å². The fraction of sp³-hybridized carbons (Fsp3) is 0.615. The van der Waals surface area contributed by atoms with Gasteiger partial charge in [0.25, 0.3) is 0 Å². The molecule has 0 aromatic carbocycles. The highest BCUT2D eigenvalue weighted by atomic mass is 32.2. The van der Waals surface area contributed by atoms with Crippen LogP contribution in [0.2, 0.25) is 0 Å². The number of aromatic nitrogens is 1. The Balaban J connectivity index is 2.45. The molecule has 0 radical (unpaired) electrons. The molecule has 0 aliphatic carbocycles. The summed E-state index contributed by atoms with van der Waals surface area (Å²) < 4.78 is 0. The van der Waals surface area contributed by atoms with Gasteiger partial charge >= 0.3 is 0 Å². The SMILES string of the molecule is CC(CO)CSCc1cccc(C(C)C)n1. The lowest BCUT2D eigenvalue weighted by Gasteiger charge is -2.09. The maximum atomic E-state index is 8.92. The molecular formula is C13H21NOS. The van der Waals surface area contributed by atoms with E-state index in [9.17, 15) is 0 Å². The molecule has 90 valence electrons. The van der Waals surface area contributed by atoms with Crippen molar-refractivity contribution in [1.29, 1.82) is 0 Å². The molecule has 1 atom stereocenters. The van der Waals surface area contributed by atoms with E-state index in [1.54, 1.807) is 0 Å². The predicted molar refractivity (Wildman–Crippen MR) is 70.7 cm³/mol. The molecule has 1 N–H and O–H groups in total. The fourth-order valence-electron chi connectivity index (χ4n) is 1.32.